The van der Waals surface area contributed by atoms with Gasteiger partial charge in [-0.3, -0.25) is 9.48 Å². The molecule has 1 aromatic carbocycles. The quantitative estimate of drug-likeness (QED) is 0.791. The average Bonchev–Trinajstić information content (AvgIpc) is 2.86. The van der Waals surface area contributed by atoms with Gasteiger partial charge in [0, 0.05) is 34.1 Å². The molecule has 0 radical (unpaired) electrons. The molecular weight excluding hydrogens is 344 g/mol. The Morgan fingerprint density at radius 2 is 1.88 bits per heavy atom. The number of carbonyl (C=O) groups is 1. The van der Waals surface area contributed by atoms with Crippen LogP contribution in [0.25, 0.3) is 0 Å². The molecule has 1 heterocycles. The maximum Gasteiger partial charge on any atom is 0.246 e. The molecule has 0 saturated carbocycles. The highest BCUT2D eigenvalue weighted by Crippen LogP contribution is 2.32. The van der Waals surface area contributed by atoms with Gasteiger partial charge in [-0.1, -0.05) is 20.8 Å². The maximum absolute atomic E-state index is 12.5. The van der Waals surface area contributed by atoms with Crippen LogP contribution in [0.5, 0.6) is 0 Å². The number of aryl methyl sites for hydroxylation is 1. The van der Waals surface area contributed by atoms with Crippen LogP contribution in [0.3, 0.4) is 0 Å². The van der Waals surface area contributed by atoms with Crippen molar-refractivity contribution < 1.29 is 4.79 Å². The molecule has 1 amide bonds. The second-order valence-corrected chi connectivity index (χ2v) is 8.30. The van der Waals surface area contributed by atoms with Gasteiger partial charge in [-0.05, 0) is 31.3 Å². The number of likely N-dealkylation sites (N-methyl/N-ethyl adjacent to an activating group) is 1. The van der Waals surface area contributed by atoms with E-state index >= 15 is 0 Å². The van der Waals surface area contributed by atoms with Crippen molar-refractivity contribution in [3.8, 4) is 0 Å². The topological polar surface area (TPSA) is 59.0 Å². The smallest absolute Gasteiger partial charge is 0.246 e. The summed E-state index contributed by atoms with van der Waals surface area (Å²) in [6, 6.07) is 7.50. The van der Waals surface area contributed by atoms with Gasteiger partial charge in [-0.15, -0.1) is 24.2 Å². The lowest BCUT2D eigenvalue weighted by Crippen LogP contribution is -2.30. The summed E-state index contributed by atoms with van der Waals surface area (Å²) in [5.41, 5.74) is 1.63. The lowest BCUT2D eigenvalue weighted by Gasteiger charge is -2.18. The lowest BCUT2D eigenvalue weighted by atomic mass is 10.1. The van der Waals surface area contributed by atoms with Crippen LogP contribution in [0.4, 0.5) is 5.69 Å². The molecule has 2 aromatic rings. The Morgan fingerprint density at radius 3 is 2.33 bits per heavy atom. The monoisotopic (exact) mass is 368 g/mol. The zero-order valence-electron chi connectivity index (χ0n) is 14.7. The number of hydrogen-bond acceptors (Lipinski definition) is 4. The van der Waals surface area contributed by atoms with Gasteiger partial charge in [0.1, 0.15) is 6.04 Å². The molecule has 2 rings (SSSR count). The van der Waals surface area contributed by atoms with E-state index in [0.717, 1.165) is 11.3 Å². The van der Waals surface area contributed by atoms with E-state index in [1.807, 2.05) is 37.5 Å². The number of rotatable bonds is 5. The van der Waals surface area contributed by atoms with Gasteiger partial charge in [0.15, 0.2) is 0 Å². The van der Waals surface area contributed by atoms with E-state index in [1.54, 1.807) is 29.7 Å². The van der Waals surface area contributed by atoms with Crippen molar-refractivity contribution in [2.45, 2.75) is 36.5 Å². The molecule has 0 aliphatic rings. The van der Waals surface area contributed by atoms with Gasteiger partial charge in [0.05, 0.1) is 6.20 Å². The summed E-state index contributed by atoms with van der Waals surface area (Å²) in [4.78, 5) is 13.6. The maximum atomic E-state index is 12.5. The second-order valence-electron chi connectivity index (χ2n) is 6.40. The Hall–Kier alpha value is -1.50. The average molecular weight is 369 g/mol. The van der Waals surface area contributed by atoms with Crippen LogP contribution >= 0.6 is 24.2 Å². The summed E-state index contributed by atoms with van der Waals surface area (Å²) >= 11 is 1.80. The number of aromatic nitrogens is 2. The van der Waals surface area contributed by atoms with Crippen LogP contribution in [-0.4, -0.2) is 27.5 Å². The normalized spacial score (nSPS) is 12.4. The molecule has 0 aliphatic heterocycles. The number of hydrogen-bond donors (Lipinski definition) is 2. The molecule has 0 aliphatic carbocycles. The molecule has 2 N–H and O–H groups in total. The van der Waals surface area contributed by atoms with Gasteiger partial charge in [-0.25, -0.2) is 0 Å². The van der Waals surface area contributed by atoms with Crippen LogP contribution in [0, 0.1) is 0 Å². The summed E-state index contributed by atoms with van der Waals surface area (Å²) in [7, 11) is 3.60. The van der Waals surface area contributed by atoms with Crippen molar-refractivity contribution in [2.75, 3.05) is 12.4 Å². The Balaban J connectivity index is 0.00000288. The largest absolute Gasteiger partial charge is 0.324 e. The van der Waals surface area contributed by atoms with Crippen LogP contribution < -0.4 is 10.6 Å². The van der Waals surface area contributed by atoms with Crippen molar-refractivity contribution >= 4 is 35.8 Å². The fraction of sp³-hybridized carbons (Fsp3) is 0.412. The van der Waals surface area contributed by atoms with Gasteiger partial charge >= 0.3 is 0 Å². The van der Waals surface area contributed by atoms with E-state index in [9.17, 15) is 4.79 Å². The molecule has 1 atom stereocenters. The van der Waals surface area contributed by atoms with Crippen molar-refractivity contribution in [3.05, 3.63) is 42.2 Å². The molecule has 0 fully saturated rings. The molecule has 132 valence electrons. The van der Waals surface area contributed by atoms with E-state index < -0.39 is 6.04 Å². The third-order valence-corrected chi connectivity index (χ3v) is 4.28. The van der Waals surface area contributed by atoms with Gasteiger partial charge in [0.25, 0.3) is 0 Å². The highest BCUT2D eigenvalue weighted by atomic mass is 35.5. The molecule has 24 heavy (non-hydrogen) atoms. The Bertz CT molecular complexity index is 664. The molecular formula is C17H25ClN4OS. The zero-order chi connectivity index (χ0) is 17.0. The third-order valence-electron chi connectivity index (χ3n) is 3.15. The fourth-order valence-electron chi connectivity index (χ4n) is 2.21. The first kappa shape index (κ1) is 20.5. The minimum atomic E-state index is -0.424. The number of nitrogens with one attached hydrogen (secondary N) is 2. The fourth-order valence-corrected chi connectivity index (χ4v) is 3.19. The van der Waals surface area contributed by atoms with Crippen LogP contribution in [-0.2, 0) is 11.8 Å². The first-order valence-corrected chi connectivity index (χ1v) is 8.36. The molecule has 7 heteroatoms. The van der Waals surface area contributed by atoms with Gasteiger partial charge < -0.3 is 10.6 Å². The van der Waals surface area contributed by atoms with Crippen LogP contribution in [0.2, 0.25) is 0 Å². The third kappa shape index (κ3) is 5.85. The zero-order valence-corrected chi connectivity index (χ0v) is 16.3. The van der Waals surface area contributed by atoms with Crippen LogP contribution in [0.1, 0.15) is 32.4 Å². The first-order chi connectivity index (χ1) is 10.8. The van der Waals surface area contributed by atoms with Crippen molar-refractivity contribution in [1.29, 1.82) is 0 Å². The minimum absolute atomic E-state index is 0. The Morgan fingerprint density at radius 1 is 1.25 bits per heavy atom. The molecule has 5 nitrogen and oxygen atoms in total. The number of carbonyl (C=O) groups excluding carboxylic acids is 1. The van der Waals surface area contributed by atoms with Gasteiger partial charge in [0.2, 0.25) is 5.91 Å². The number of halogens is 1. The summed E-state index contributed by atoms with van der Waals surface area (Å²) < 4.78 is 1.85. The van der Waals surface area contributed by atoms with Crippen molar-refractivity contribution in [1.82, 2.24) is 15.1 Å². The standard InChI is InChI=1S/C17H24N4OS.ClH/c1-17(2,3)23-14-8-6-13(7-9-14)20-16(22)15(18-4)12-10-19-21(5)11-12;/h6-11,15,18H,1-5H3,(H,20,22);1H. The predicted octanol–water partition coefficient (Wildman–Crippen LogP) is 3.63. The van der Waals surface area contributed by atoms with Crippen molar-refractivity contribution in [2.24, 2.45) is 7.05 Å². The van der Waals surface area contributed by atoms with E-state index in [-0.39, 0.29) is 23.1 Å². The summed E-state index contributed by atoms with van der Waals surface area (Å²) in [6.07, 6.45) is 3.54. The van der Waals surface area contributed by atoms with E-state index in [2.05, 4.69) is 36.5 Å². The highest BCUT2D eigenvalue weighted by molar-refractivity contribution is 8.00. The first-order valence-electron chi connectivity index (χ1n) is 7.54. The van der Waals surface area contributed by atoms with E-state index in [0.29, 0.717) is 0 Å². The molecule has 0 spiro atoms. The highest BCUT2D eigenvalue weighted by Gasteiger charge is 2.20. The Kier molecular flexibility index (Phi) is 7.32. The second kappa shape index (κ2) is 8.55. The Labute approximate surface area is 154 Å². The lowest BCUT2D eigenvalue weighted by molar-refractivity contribution is -0.118. The number of benzene rings is 1. The molecule has 1 unspecified atom stereocenters. The predicted molar refractivity (Wildman–Crippen MR) is 103 cm³/mol. The number of anilines is 1. The van der Waals surface area contributed by atoms with E-state index in [4.69, 9.17) is 0 Å². The molecule has 0 saturated heterocycles. The summed E-state index contributed by atoms with van der Waals surface area (Å²) in [5, 5.41) is 10.1. The number of amides is 1. The van der Waals surface area contributed by atoms with Gasteiger partial charge in [-0.2, -0.15) is 5.10 Å². The minimum Gasteiger partial charge on any atom is -0.324 e. The number of thioether (sulfide) groups is 1. The number of nitrogens with zero attached hydrogens (tertiary/aromatic N) is 2. The van der Waals surface area contributed by atoms with Crippen molar-refractivity contribution in [3.63, 3.8) is 0 Å². The molecule has 1 aromatic heterocycles. The summed E-state index contributed by atoms with van der Waals surface area (Å²) in [6.45, 7) is 6.54. The van der Waals surface area contributed by atoms with E-state index in [1.165, 1.54) is 4.90 Å². The molecule has 0 bridgehead atoms. The summed E-state index contributed by atoms with van der Waals surface area (Å²) in [5.74, 6) is -0.100. The SMILES string of the molecule is CNC(C(=O)Nc1ccc(SC(C)(C)C)cc1)c1cnn(C)c1.Cl. The van der Waals surface area contributed by atoms with Crippen LogP contribution in [0.15, 0.2) is 41.6 Å².